The van der Waals surface area contributed by atoms with Gasteiger partial charge in [-0.2, -0.15) is 0 Å². The molecule has 3 heterocycles. The van der Waals surface area contributed by atoms with Crippen molar-refractivity contribution in [3.05, 3.63) is 32.6 Å². The number of fused-ring (bicyclic) bond motifs is 1. The molecule has 0 aromatic carbocycles. The van der Waals surface area contributed by atoms with Crippen LogP contribution in [0.4, 0.5) is 5.82 Å². The SMILES string of the molecule is Cc1sc2nc(-c3ccncc3I)c(NC3CCCC3)n2c1C. The summed E-state index contributed by atoms with van der Waals surface area (Å²) in [5, 5.41) is 3.80. The van der Waals surface area contributed by atoms with E-state index in [0.29, 0.717) is 6.04 Å². The molecular formula is C17H19IN4S. The van der Waals surface area contributed by atoms with Crippen molar-refractivity contribution in [2.45, 2.75) is 45.6 Å². The lowest BCUT2D eigenvalue weighted by Crippen LogP contribution is -2.16. The van der Waals surface area contributed by atoms with E-state index in [2.05, 4.69) is 57.2 Å². The van der Waals surface area contributed by atoms with E-state index in [1.165, 1.54) is 36.3 Å². The van der Waals surface area contributed by atoms with Crippen LogP contribution in [-0.4, -0.2) is 20.4 Å². The summed E-state index contributed by atoms with van der Waals surface area (Å²) in [6.07, 6.45) is 8.90. The summed E-state index contributed by atoms with van der Waals surface area (Å²) < 4.78 is 3.43. The maximum absolute atomic E-state index is 4.95. The van der Waals surface area contributed by atoms with Crippen LogP contribution < -0.4 is 5.32 Å². The van der Waals surface area contributed by atoms with Crippen LogP contribution in [0.5, 0.6) is 0 Å². The molecular weight excluding hydrogens is 419 g/mol. The smallest absolute Gasteiger partial charge is 0.196 e. The molecule has 1 aliphatic carbocycles. The number of pyridine rings is 1. The molecule has 0 unspecified atom stereocenters. The first kappa shape index (κ1) is 15.4. The first-order valence-electron chi connectivity index (χ1n) is 8.00. The summed E-state index contributed by atoms with van der Waals surface area (Å²) >= 11 is 4.11. The summed E-state index contributed by atoms with van der Waals surface area (Å²) in [6, 6.07) is 2.63. The number of aromatic nitrogens is 3. The second-order valence-electron chi connectivity index (χ2n) is 6.15. The second kappa shape index (κ2) is 6.05. The lowest BCUT2D eigenvalue weighted by molar-refractivity contribution is 0.748. The molecule has 3 aromatic heterocycles. The molecule has 0 amide bonds. The number of imidazole rings is 1. The number of nitrogens with one attached hydrogen (secondary N) is 1. The second-order valence-corrected chi connectivity index (χ2v) is 8.50. The molecule has 6 heteroatoms. The molecule has 1 fully saturated rings. The van der Waals surface area contributed by atoms with Crippen LogP contribution >= 0.6 is 33.9 Å². The Morgan fingerprint density at radius 2 is 2.09 bits per heavy atom. The molecule has 1 saturated carbocycles. The molecule has 0 aliphatic heterocycles. The Bertz CT molecular complexity index is 861. The Morgan fingerprint density at radius 1 is 1.30 bits per heavy atom. The Morgan fingerprint density at radius 3 is 2.83 bits per heavy atom. The minimum Gasteiger partial charge on any atom is -0.367 e. The Hall–Kier alpha value is -1.15. The summed E-state index contributed by atoms with van der Waals surface area (Å²) in [5.41, 5.74) is 3.50. The van der Waals surface area contributed by atoms with E-state index in [1.807, 2.05) is 12.4 Å². The molecule has 0 atom stereocenters. The first-order chi connectivity index (χ1) is 11.1. The number of anilines is 1. The van der Waals surface area contributed by atoms with Gasteiger partial charge in [0.05, 0.1) is 0 Å². The predicted molar refractivity (Wildman–Crippen MR) is 104 cm³/mol. The van der Waals surface area contributed by atoms with Crippen molar-refractivity contribution in [3.63, 3.8) is 0 Å². The predicted octanol–water partition coefficient (Wildman–Crippen LogP) is 5.03. The highest BCUT2D eigenvalue weighted by Gasteiger charge is 2.23. The quantitative estimate of drug-likeness (QED) is 0.583. The summed E-state index contributed by atoms with van der Waals surface area (Å²) in [7, 11) is 0. The number of halogens is 1. The lowest BCUT2D eigenvalue weighted by atomic mass is 10.2. The van der Waals surface area contributed by atoms with Crippen LogP contribution in [0.15, 0.2) is 18.5 Å². The van der Waals surface area contributed by atoms with Crippen LogP contribution in [0.25, 0.3) is 16.2 Å². The molecule has 0 radical (unpaired) electrons. The van der Waals surface area contributed by atoms with Gasteiger partial charge in [-0.05, 0) is 55.3 Å². The standard InChI is InChI=1S/C17H19IN4S/c1-10-11(2)23-17-21-15(13-7-8-19-9-14(13)18)16(22(10)17)20-12-5-3-4-6-12/h7-9,12,20H,3-6H2,1-2H3. The van der Waals surface area contributed by atoms with E-state index in [0.717, 1.165) is 25.6 Å². The fourth-order valence-electron chi connectivity index (χ4n) is 3.30. The van der Waals surface area contributed by atoms with Gasteiger partial charge in [-0.1, -0.05) is 12.8 Å². The maximum Gasteiger partial charge on any atom is 0.196 e. The molecule has 4 rings (SSSR count). The van der Waals surface area contributed by atoms with Crippen molar-refractivity contribution in [2.24, 2.45) is 0 Å². The van der Waals surface area contributed by atoms with E-state index in [4.69, 9.17) is 4.98 Å². The van der Waals surface area contributed by atoms with Gasteiger partial charge in [-0.15, -0.1) is 11.3 Å². The van der Waals surface area contributed by atoms with Crippen molar-refractivity contribution in [1.29, 1.82) is 0 Å². The van der Waals surface area contributed by atoms with Crippen molar-refractivity contribution in [3.8, 4) is 11.3 Å². The topological polar surface area (TPSA) is 42.2 Å². The molecule has 120 valence electrons. The number of hydrogen-bond donors (Lipinski definition) is 1. The number of nitrogens with zero attached hydrogens (tertiary/aromatic N) is 3. The van der Waals surface area contributed by atoms with Gasteiger partial charge in [-0.3, -0.25) is 9.38 Å². The zero-order chi connectivity index (χ0) is 16.0. The third-order valence-corrected chi connectivity index (χ3v) is 6.58. The zero-order valence-corrected chi connectivity index (χ0v) is 16.2. The minimum absolute atomic E-state index is 0.563. The molecule has 1 N–H and O–H groups in total. The van der Waals surface area contributed by atoms with Crippen LogP contribution in [0.3, 0.4) is 0 Å². The average molecular weight is 438 g/mol. The molecule has 1 aliphatic rings. The zero-order valence-electron chi connectivity index (χ0n) is 13.3. The van der Waals surface area contributed by atoms with Gasteiger partial charge in [-0.25, -0.2) is 4.98 Å². The average Bonchev–Trinajstić information content (AvgIpc) is 3.21. The van der Waals surface area contributed by atoms with E-state index in [-0.39, 0.29) is 0 Å². The third-order valence-electron chi connectivity index (χ3n) is 4.66. The minimum atomic E-state index is 0.563. The number of rotatable bonds is 3. The Kier molecular flexibility index (Phi) is 4.05. The largest absolute Gasteiger partial charge is 0.367 e. The summed E-state index contributed by atoms with van der Waals surface area (Å²) in [6.45, 7) is 4.35. The monoisotopic (exact) mass is 438 g/mol. The normalized spacial score (nSPS) is 15.6. The van der Waals surface area contributed by atoms with Gasteiger partial charge < -0.3 is 5.32 Å². The van der Waals surface area contributed by atoms with Crippen LogP contribution in [-0.2, 0) is 0 Å². The fraction of sp³-hybridized carbons (Fsp3) is 0.412. The lowest BCUT2D eigenvalue weighted by Gasteiger charge is -2.15. The Labute approximate surface area is 153 Å². The molecule has 0 bridgehead atoms. The summed E-state index contributed by atoms with van der Waals surface area (Å²) in [5.74, 6) is 1.15. The maximum atomic E-state index is 4.95. The molecule has 3 aromatic rings. The number of hydrogen-bond acceptors (Lipinski definition) is 4. The summed E-state index contributed by atoms with van der Waals surface area (Å²) in [4.78, 5) is 11.6. The van der Waals surface area contributed by atoms with Gasteiger partial charge in [0.1, 0.15) is 11.5 Å². The van der Waals surface area contributed by atoms with E-state index in [9.17, 15) is 0 Å². The van der Waals surface area contributed by atoms with Crippen molar-refractivity contribution < 1.29 is 0 Å². The van der Waals surface area contributed by atoms with Gasteiger partial charge in [0.15, 0.2) is 4.96 Å². The Balaban J connectivity index is 1.90. The van der Waals surface area contributed by atoms with Gasteiger partial charge in [0.25, 0.3) is 0 Å². The fourth-order valence-corrected chi connectivity index (χ4v) is 4.86. The van der Waals surface area contributed by atoms with Crippen molar-refractivity contribution >= 4 is 44.7 Å². The van der Waals surface area contributed by atoms with Gasteiger partial charge >= 0.3 is 0 Å². The van der Waals surface area contributed by atoms with Crippen molar-refractivity contribution in [1.82, 2.24) is 14.4 Å². The van der Waals surface area contributed by atoms with Crippen molar-refractivity contribution in [2.75, 3.05) is 5.32 Å². The molecule has 0 spiro atoms. The van der Waals surface area contributed by atoms with E-state index >= 15 is 0 Å². The molecule has 23 heavy (non-hydrogen) atoms. The molecule has 0 saturated heterocycles. The number of aryl methyl sites for hydroxylation is 2. The van der Waals surface area contributed by atoms with Crippen LogP contribution in [0.1, 0.15) is 36.3 Å². The van der Waals surface area contributed by atoms with Crippen LogP contribution in [0.2, 0.25) is 0 Å². The highest BCUT2D eigenvalue weighted by Crippen LogP contribution is 2.37. The first-order valence-corrected chi connectivity index (χ1v) is 9.89. The van der Waals surface area contributed by atoms with E-state index in [1.54, 1.807) is 11.3 Å². The number of thiazole rings is 1. The van der Waals surface area contributed by atoms with Crippen LogP contribution in [0, 0.1) is 17.4 Å². The molecule has 4 nitrogen and oxygen atoms in total. The van der Waals surface area contributed by atoms with Gasteiger partial charge in [0, 0.05) is 38.1 Å². The van der Waals surface area contributed by atoms with Gasteiger partial charge in [0.2, 0.25) is 0 Å². The van der Waals surface area contributed by atoms with E-state index < -0.39 is 0 Å². The highest BCUT2D eigenvalue weighted by molar-refractivity contribution is 14.1. The highest BCUT2D eigenvalue weighted by atomic mass is 127. The third kappa shape index (κ3) is 2.65.